The molecule has 1 fully saturated rings. The lowest BCUT2D eigenvalue weighted by Crippen LogP contribution is -2.43. The van der Waals surface area contributed by atoms with Crippen LogP contribution in [0.4, 0.5) is 0 Å². The summed E-state index contributed by atoms with van der Waals surface area (Å²) in [6.45, 7) is 9.98. The zero-order valence-corrected chi connectivity index (χ0v) is 17.2. The maximum absolute atomic E-state index is 5.75. The normalized spacial score (nSPS) is 19.0. The molecule has 0 aromatic carbocycles. The number of nitrogens with one attached hydrogen (secondary N) is 2. The first kappa shape index (κ1) is 21.1. The molecule has 138 valence electrons. The van der Waals surface area contributed by atoms with E-state index in [0.717, 1.165) is 57.5 Å². The number of aryl methyl sites for hydroxylation is 1. The maximum atomic E-state index is 5.75. The van der Waals surface area contributed by atoms with Gasteiger partial charge in [-0.15, -0.1) is 34.2 Å². The summed E-state index contributed by atoms with van der Waals surface area (Å²) in [6, 6.07) is 0. The first-order valence-electron chi connectivity index (χ1n) is 8.42. The van der Waals surface area contributed by atoms with Crippen LogP contribution in [0.5, 0.6) is 0 Å². The Morgan fingerprint density at radius 3 is 2.96 bits per heavy atom. The smallest absolute Gasteiger partial charge is 0.191 e. The molecule has 0 radical (unpaired) electrons. The van der Waals surface area contributed by atoms with Crippen LogP contribution >= 0.6 is 24.0 Å². The van der Waals surface area contributed by atoms with Crippen molar-refractivity contribution in [3.05, 3.63) is 12.2 Å². The Labute approximate surface area is 161 Å². The van der Waals surface area contributed by atoms with E-state index in [4.69, 9.17) is 4.74 Å². The molecule has 8 nitrogen and oxygen atoms in total. The average Bonchev–Trinajstić information content (AvgIpc) is 3.00. The van der Waals surface area contributed by atoms with E-state index in [0.29, 0.717) is 6.54 Å². The molecule has 0 saturated carbocycles. The van der Waals surface area contributed by atoms with Crippen molar-refractivity contribution >= 4 is 29.9 Å². The quantitative estimate of drug-likeness (QED) is 0.354. The molecule has 1 saturated heterocycles. The zero-order chi connectivity index (χ0) is 16.5. The van der Waals surface area contributed by atoms with Crippen molar-refractivity contribution < 1.29 is 4.74 Å². The molecule has 1 unspecified atom stereocenters. The molecule has 24 heavy (non-hydrogen) atoms. The van der Waals surface area contributed by atoms with Crippen LogP contribution in [0.2, 0.25) is 0 Å². The minimum Gasteiger partial charge on any atom is -0.374 e. The third kappa shape index (κ3) is 6.89. The number of nitrogens with zero attached hydrogens (tertiary/aromatic N) is 5. The van der Waals surface area contributed by atoms with Gasteiger partial charge < -0.3 is 24.8 Å². The highest BCUT2D eigenvalue weighted by molar-refractivity contribution is 14.0. The fourth-order valence-corrected chi connectivity index (χ4v) is 2.55. The van der Waals surface area contributed by atoms with Gasteiger partial charge in [-0.05, 0) is 14.0 Å². The summed E-state index contributed by atoms with van der Waals surface area (Å²) in [5, 5.41) is 14.7. The fraction of sp³-hybridized carbons (Fsp3) is 0.800. The molecular weight excluding hydrogens is 421 g/mol. The standard InChI is InChI=1S/C15H29N7O.HI/c1-4-14-20-19-12-22(14)7-6-17-15(16-5-2)18-10-13-11-21(3)8-9-23-13;/h12-13H,4-11H2,1-3H3,(H2,16,17,18);1H. The number of hydrogen-bond acceptors (Lipinski definition) is 5. The van der Waals surface area contributed by atoms with Gasteiger partial charge >= 0.3 is 0 Å². The summed E-state index contributed by atoms with van der Waals surface area (Å²) in [7, 11) is 2.12. The topological polar surface area (TPSA) is 79.6 Å². The van der Waals surface area contributed by atoms with Gasteiger partial charge in [-0.25, -0.2) is 0 Å². The molecule has 1 atom stereocenters. The lowest BCUT2D eigenvalue weighted by molar-refractivity contribution is -0.0136. The third-order valence-electron chi connectivity index (χ3n) is 3.80. The van der Waals surface area contributed by atoms with Crippen molar-refractivity contribution in [1.82, 2.24) is 30.3 Å². The van der Waals surface area contributed by atoms with Gasteiger partial charge in [0.15, 0.2) is 5.96 Å². The Kier molecular flexibility index (Phi) is 10.2. The second kappa shape index (κ2) is 11.6. The van der Waals surface area contributed by atoms with Crippen LogP contribution in [0.3, 0.4) is 0 Å². The SMILES string of the molecule is CCNC(=NCC1CN(C)CCO1)NCCn1cnnc1CC.I. The summed E-state index contributed by atoms with van der Waals surface area (Å²) in [4.78, 5) is 6.92. The van der Waals surface area contributed by atoms with E-state index in [2.05, 4.69) is 56.2 Å². The molecule has 0 spiro atoms. The van der Waals surface area contributed by atoms with E-state index in [1.807, 2.05) is 0 Å². The number of likely N-dealkylation sites (N-methyl/N-ethyl adjacent to an activating group) is 1. The van der Waals surface area contributed by atoms with Crippen LogP contribution in [-0.4, -0.2) is 78.1 Å². The molecular formula is C15H30IN7O. The number of ether oxygens (including phenoxy) is 1. The van der Waals surface area contributed by atoms with E-state index in [1.165, 1.54) is 0 Å². The third-order valence-corrected chi connectivity index (χ3v) is 3.80. The van der Waals surface area contributed by atoms with Gasteiger partial charge in [0, 0.05) is 39.1 Å². The maximum Gasteiger partial charge on any atom is 0.191 e. The summed E-state index contributed by atoms with van der Waals surface area (Å²) in [5.74, 6) is 1.84. The van der Waals surface area contributed by atoms with Crippen LogP contribution in [0, 0.1) is 0 Å². The van der Waals surface area contributed by atoms with Crippen molar-refractivity contribution in [3.63, 3.8) is 0 Å². The van der Waals surface area contributed by atoms with Crippen molar-refractivity contribution in [3.8, 4) is 0 Å². The first-order valence-corrected chi connectivity index (χ1v) is 8.42. The Morgan fingerprint density at radius 1 is 1.42 bits per heavy atom. The van der Waals surface area contributed by atoms with Gasteiger partial charge in [-0.3, -0.25) is 4.99 Å². The summed E-state index contributed by atoms with van der Waals surface area (Å²) < 4.78 is 7.81. The number of hydrogen-bond donors (Lipinski definition) is 2. The zero-order valence-electron chi connectivity index (χ0n) is 14.9. The molecule has 0 bridgehead atoms. The van der Waals surface area contributed by atoms with Crippen molar-refractivity contribution in [2.24, 2.45) is 4.99 Å². The highest BCUT2D eigenvalue weighted by atomic mass is 127. The summed E-state index contributed by atoms with van der Waals surface area (Å²) in [5.41, 5.74) is 0. The Hall–Kier alpha value is -0.940. The van der Waals surface area contributed by atoms with Gasteiger partial charge in [0.05, 0.1) is 19.3 Å². The van der Waals surface area contributed by atoms with E-state index in [-0.39, 0.29) is 30.1 Å². The Balaban J connectivity index is 0.00000288. The van der Waals surface area contributed by atoms with E-state index >= 15 is 0 Å². The van der Waals surface area contributed by atoms with Crippen LogP contribution in [-0.2, 0) is 17.7 Å². The number of morpholine rings is 1. The molecule has 1 aromatic rings. The van der Waals surface area contributed by atoms with Gasteiger partial charge in [0.2, 0.25) is 0 Å². The molecule has 9 heteroatoms. The van der Waals surface area contributed by atoms with Gasteiger partial charge in [-0.2, -0.15) is 0 Å². The number of aliphatic imine (C=N–C) groups is 1. The van der Waals surface area contributed by atoms with E-state index in [9.17, 15) is 0 Å². The minimum absolute atomic E-state index is 0. The number of halogens is 1. The number of rotatable bonds is 7. The molecule has 1 aliphatic heterocycles. The number of guanidine groups is 1. The molecule has 2 heterocycles. The predicted octanol–water partition coefficient (Wildman–Crippen LogP) is 0.344. The summed E-state index contributed by atoms with van der Waals surface area (Å²) >= 11 is 0. The molecule has 0 aliphatic carbocycles. The number of aromatic nitrogens is 3. The van der Waals surface area contributed by atoms with Crippen molar-refractivity contribution in [2.45, 2.75) is 32.9 Å². The van der Waals surface area contributed by atoms with Gasteiger partial charge in [-0.1, -0.05) is 6.92 Å². The second-order valence-corrected chi connectivity index (χ2v) is 5.70. The average molecular weight is 451 g/mol. The fourth-order valence-electron chi connectivity index (χ4n) is 2.55. The monoisotopic (exact) mass is 451 g/mol. The molecule has 1 aliphatic rings. The highest BCUT2D eigenvalue weighted by Crippen LogP contribution is 2.03. The molecule has 0 amide bonds. The van der Waals surface area contributed by atoms with Crippen LogP contribution in [0.1, 0.15) is 19.7 Å². The van der Waals surface area contributed by atoms with Crippen LogP contribution in [0.15, 0.2) is 11.3 Å². The second-order valence-electron chi connectivity index (χ2n) is 5.70. The van der Waals surface area contributed by atoms with Crippen LogP contribution in [0.25, 0.3) is 0 Å². The Bertz CT molecular complexity index is 494. The summed E-state index contributed by atoms with van der Waals surface area (Å²) in [6.07, 6.45) is 2.84. The predicted molar refractivity (Wildman–Crippen MR) is 106 cm³/mol. The minimum atomic E-state index is 0. The Morgan fingerprint density at radius 2 is 2.25 bits per heavy atom. The van der Waals surface area contributed by atoms with Gasteiger partial charge in [0.1, 0.15) is 12.2 Å². The van der Waals surface area contributed by atoms with Gasteiger partial charge in [0.25, 0.3) is 0 Å². The van der Waals surface area contributed by atoms with Crippen LogP contribution < -0.4 is 10.6 Å². The van der Waals surface area contributed by atoms with Crippen molar-refractivity contribution in [2.75, 3.05) is 46.4 Å². The molecule has 1 aromatic heterocycles. The first-order chi connectivity index (χ1) is 11.2. The lowest BCUT2D eigenvalue weighted by atomic mass is 10.3. The largest absolute Gasteiger partial charge is 0.374 e. The lowest BCUT2D eigenvalue weighted by Gasteiger charge is -2.29. The molecule has 2 N–H and O–H groups in total. The van der Waals surface area contributed by atoms with Crippen molar-refractivity contribution in [1.29, 1.82) is 0 Å². The highest BCUT2D eigenvalue weighted by Gasteiger charge is 2.17. The van der Waals surface area contributed by atoms with E-state index in [1.54, 1.807) is 6.33 Å². The molecule has 2 rings (SSSR count). The van der Waals surface area contributed by atoms with E-state index < -0.39 is 0 Å².